The standard InChI is InChI=1S/C17H18N4O2S2/c1-12(15(22)18-11-14-8-5-9-23-14)24-17-21-20-16(25-17)19-10-13-6-3-2-4-7-13/h2-9,12H,10-11H2,1H3,(H,18,22)(H,19,20)/t12-/m0/s1. The van der Waals surface area contributed by atoms with Crippen LogP contribution in [-0.4, -0.2) is 21.4 Å². The second kappa shape index (κ2) is 8.68. The fourth-order valence-corrected chi connectivity index (χ4v) is 3.95. The molecule has 0 aliphatic rings. The van der Waals surface area contributed by atoms with Gasteiger partial charge in [-0.15, -0.1) is 10.2 Å². The van der Waals surface area contributed by atoms with Crippen LogP contribution in [0.15, 0.2) is 57.5 Å². The van der Waals surface area contributed by atoms with Crippen LogP contribution in [-0.2, 0) is 17.9 Å². The normalized spacial score (nSPS) is 11.9. The highest BCUT2D eigenvalue weighted by molar-refractivity contribution is 8.02. The summed E-state index contributed by atoms with van der Waals surface area (Å²) >= 11 is 2.84. The third-order valence-corrected chi connectivity index (χ3v) is 5.42. The number of nitrogens with zero attached hydrogens (tertiary/aromatic N) is 2. The van der Waals surface area contributed by atoms with E-state index in [9.17, 15) is 4.79 Å². The molecule has 0 radical (unpaired) electrons. The number of aromatic nitrogens is 2. The molecule has 0 saturated heterocycles. The number of furan rings is 1. The summed E-state index contributed by atoms with van der Waals surface area (Å²) in [6, 6.07) is 13.7. The van der Waals surface area contributed by atoms with E-state index in [4.69, 9.17) is 4.42 Å². The van der Waals surface area contributed by atoms with Gasteiger partial charge in [0, 0.05) is 6.54 Å². The molecule has 0 fully saturated rings. The highest BCUT2D eigenvalue weighted by Gasteiger charge is 2.17. The summed E-state index contributed by atoms with van der Waals surface area (Å²) in [5.41, 5.74) is 1.18. The van der Waals surface area contributed by atoms with Crippen molar-refractivity contribution in [2.75, 3.05) is 5.32 Å². The lowest BCUT2D eigenvalue weighted by molar-refractivity contribution is -0.120. The first-order valence-electron chi connectivity index (χ1n) is 7.79. The number of carbonyl (C=O) groups is 1. The Morgan fingerprint density at radius 2 is 2.04 bits per heavy atom. The van der Waals surface area contributed by atoms with Crippen LogP contribution >= 0.6 is 23.1 Å². The summed E-state index contributed by atoms with van der Waals surface area (Å²) in [5.74, 6) is 0.671. The summed E-state index contributed by atoms with van der Waals surface area (Å²) in [5, 5.41) is 14.8. The van der Waals surface area contributed by atoms with Crippen molar-refractivity contribution in [1.82, 2.24) is 15.5 Å². The maximum atomic E-state index is 12.1. The number of thioether (sulfide) groups is 1. The molecule has 1 atom stereocenters. The third kappa shape index (κ3) is 5.33. The van der Waals surface area contributed by atoms with Crippen LogP contribution in [0.1, 0.15) is 18.2 Å². The van der Waals surface area contributed by atoms with Gasteiger partial charge in [0.05, 0.1) is 18.1 Å². The van der Waals surface area contributed by atoms with Gasteiger partial charge in [-0.1, -0.05) is 53.4 Å². The first-order chi connectivity index (χ1) is 12.2. The average Bonchev–Trinajstić information content (AvgIpc) is 3.30. The van der Waals surface area contributed by atoms with E-state index in [1.807, 2.05) is 31.2 Å². The number of carbonyl (C=O) groups excluding carboxylic acids is 1. The Balaban J connectivity index is 1.46. The second-order valence-electron chi connectivity index (χ2n) is 5.27. The predicted molar refractivity (Wildman–Crippen MR) is 99.6 cm³/mol. The lowest BCUT2D eigenvalue weighted by Gasteiger charge is -2.08. The molecule has 2 aromatic heterocycles. The van der Waals surface area contributed by atoms with Gasteiger partial charge in [0.15, 0.2) is 4.34 Å². The van der Waals surface area contributed by atoms with E-state index in [0.717, 1.165) is 15.2 Å². The van der Waals surface area contributed by atoms with Crippen LogP contribution in [0, 0.1) is 0 Å². The van der Waals surface area contributed by atoms with Gasteiger partial charge in [0.1, 0.15) is 5.76 Å². The van der Waals surface area contributed by atoms with Crippen molar-refractivity contribution in [1.29, 1.82) is 0 Å². The Morgan fingerprint density at radius 1 is 1.20 bits per heavy atom. The number of hydrogen-bond acceptors (Lipinski definition) is 7. The van der Waals surface area contributed by atoms with Crippen molar-refractivity contribution in [2.45, 2.75) is 29.6 Å². The summed E-state index contributed by atoms with van der Waals surface area (Å²) < 4.78 is 5.96. The molecule has 0 bridgehead atoms. The molecular formula is C17H18N4O2S2. The Morgan fingerprint density at radius 3 is 2.80 bits per heavy atom. The van der Waals surface area contributed by atoms with Crippen LogP contribution in [0.3, 0.4) is 0 Å². The minimum absolute atomic E-state index is 0.0598. The van der Waals surface area contributed by atoms with E-state index in [1.165, 1.54) is 28.7 Å². The van der Waals surface area contributed by atoms with Crippen LogP contribution in [0.25, 0.3) is 0 Å². The third-order valence-electron chi connectivity index (χ3n) is 3.36. The molecule has 8 heteroatoms. The molecule has 130 valence electrons. The quantitative estimate of drug-likeness (QED) is 0.587. The monoisotopic (exact) mass is 374 g/mol. The lowest BCUT2D eigenvalue weighted by Crippen LogP contribution is -2.30. The summed E-state index contributed by atoms with van der Waals surface area (Å²) in [6.07, 6.45) is 1.59. The van der Waals surface area contributed by atoms with E-state index in [0.29, 0.717) is 13.1 Å². The number of rotatable bonds is 8. The van der Waals surface area contributed by atoms with E-state index in [1.54, 1.807) is 12.3 Å². The number of hydrogen-bond donors (Lipinski definition) is 2. The summed E-state index contributed by atoms with van der Waals surface area (Å²) in [6.45, 7) is 2.93. The van der Waals surface area contributed by atoms with Gasteiger partial charge < -0.3 is 15.1 Å². The summed E-state index contributed by atoms with van der Waals surface area (Å²) in [7, 11) is 0. The van der Waals surface area contributed by atoms with Gasteiger partial charge in [-0.25, -0.2) is 0 Å². The van der Waals surface area contributed by atoms with E-state index >= 15 is 0 Å². The lowest BCUT2D eigenvalue weighted by atomic mass is 10.2. The van der Waals surface area contributed by atoms with Gasteiger partial charge in [-0.3, -0.25) is 4.79 Å². The zero-order valence-electron chi connectivity index (χ0n) is 13.6. The van der Waals surface area contributed by atoms with Gasteiger partial charge in [-0.05, 0) is 24.6 Å². The fourth-order valence-electron chi connectivity index (χ4n) is 2.04. The van der Waals surface area contributed by atoms with Crippen LogP contribution in [0.5, 0.6) is 0 Å². The second-order valence-corrected chi connectivity index (χ2v) is 7.83. The fraction of sp³-hybridized carbons (Fsp3) is 0.235. The molecule has 0 saturated carbocycles. The predicted octanol–water partition coefficient (Wildman–Crippen LogP) is 3.54. The van der Waals surface area contributed by atoms with E-state index in [-0.39, 0.29) is 11.2 Å². The molecule has 3 aromatic rings. The average molecular weight is 374 g/mol. The molecule has 6 nitrogen and oxygen atoms in total. The molecule has 25 heavy (non-hydrogen) atoms. The van der Waals surface area contributed by atoms with Crippen molar-refractivity contribution in [3.63, 3.8) is 0 Å². The van der Waals surface area contributed by atoms with Crippen LogP contribution in [0.2, 0.25) is 0 Å². The Labute approximate surface area is 154 Å². The van der Waals surface area contributed by atoms with Gasteiger partial charge >= 0.3 is 0 Å². The maximum Gasteiger partial charge on any atom is 0.233 e. The molecular weight excluding hydrogens is 356 g/mol. The number of anilines is 1. The van der Waals surface area contributed by atoms with E-state index in [2.05, 4.69) is 33.0 Å². The van der Waals surface area contributed by atoms with Gasteiger partial charge in [0.25, 0.3) is 0 Å². The van der Waals surface area contributed by atoms with Gasteiger partial charge in [0.2, 0.25) is 11.0 Å². The molecule has 0 spiro atoms. The topological polar surface area (TPSA) is 80.0 Å². The molecule has 1 amide bonds. The minimum atomic E-state index is -0.259. The van der Waals surface area contributed by atoms with E-state index < -0.39 is 0 Å². The van der Waals surface area contributed by atoms with Crippen molar-refractivity contribution < 1.29 is 9.21 Å². The molecule has 2 heterocycles. The first kappa shape index (κ1) is 17.5. The van der Waals surface area contributed by atoms with Crippen LogP contribution < -0.4 is 10.6 Å². The van der Waals surface area contributed by atoms with Crippen molar-refractivity contribution >= 4 is 34.1 Å². The first-order valence-corrected chi connectivity index (χ1v) is 9.48. The van der Waals surface area contributed by atoms with Crippen molar-refractivity contribution in [3.05, 3.63) is 60.1 Å². The zero-order chi connectivity index (χ0) is 17.5. The Hall–Kier alpha value is -2.32. The highest BCUT2D eigenvalue weighted by Crippen LogP contribution is 2.29. The SMILES string of the molecule is C[C@H](Sc1nnc(NCc2ccccc2)s1)C(=O)NCc1ccco1. The molecule has 1 aromatic carbocycles. The molecule has 0 aliphatic carbocycles. The number of amides is 1. The number of benzene rings is 1. The molecule has 3 rings (SSSR count). The van der Waals surface area contributed by atoms with Crippen molar-refractivity contribution in [2.24, 2.45) is 0 Å². The smallest absolute Gasteiger partial charge is 0.233 e. The zero-order valence-corrected chi connectivity index (χ0v) is 15.3. The molecule has 2 N–H and O–H groups in total. The summed E-state index contributed by atoms with van der Waals surface area (Å²) in [4.78, 5) is 12.1. The maximum absolute atomic E-state index is 12.1. The molecule has 0 unspecified atom stereocenters. The largest absolute Gasteiger partial charge is 0.467 e. The Kier molecular flexibility index (Phi) is 6.08. The Bertz CT molecular complexity index is 790. The molecule has 0 aliphatic heterocycles. The minimum Gasteiger partial charge on any atom is -0.467 e. The van der Waals surface area contributed by atoms with Gasteiger partial charge in [-0.2, -0.15) is 0 Å². The highest BCUT2D eigenvalue weighted by atomic mass is 32.2. The van der Waals surface area contributed by atoms with Crippen molar-refractivity contribution in [3.8, 4) is 0 Å². The number of nitrogens with one attached hydrogen (secondary N) is 2. The van der Waals surface area contributed by atoms with Crippen LogP contribution in [0.4, 0.5) is 5.13 Å².